The van der Waals surface area contributed by atoms with Crippen LogP contribution in [0.1, 0.15) is 6.42 Å². The predicted octanol–water partition coefficient (Wildman–Crippen LogP) is 5.38. The highest BCUT2D eigenvalue weighted by Crippen LogP contribution is 2.34. The van der Waals surface area contributed by atoms with Gasteiger partial charge in [0.05, 0.1) is 23.4 Å². The van der Waals surface area contributed by atoms with Crippen molar-refractivity contribution in [1.29, 1.82) is 0 Å². The molecule has 2 N–H and O–H groups in total. The van der Waals surface area contributed by atoms with E-state index in [0.717, 1.165) is 61.5 Å². The van der Waals surface area contributed by atoms with Gasteiger partial charge in [-0.15, -0.1) is 0 Å². The average molecular weight is 519 g/mol. The molecule has 0 bridgehead atoms. The third-order valence-corrected chi connectivity index (χ3v) is 6.85. The fourth-order valence-corrected chi connectivity index (χ4v) is 4.70. The van der Waals surface area contributed by atoms with Crippen molar-refractivity contribution in [2.24, 2.45) is 0 Å². The molecule has 1 aliphatic rings. The molecular weight excluding hydrogens is 486 g/mol. The number of nitrogens with one attached hydrogen (secondary N) is 2. The van der Waals surface area contributed by atoms with E-state index < -0.39 is 11.6 Å². The number of fused-ring (bicyclic) bond motifs is 1. The van der Waals surface area contributed by atoms with E-state index in [4.69, 9.17) is 4.74 Å². The number of likely N-dealkylation sites (N-methyl/N-ethyl adjacent to an activating group) is 1. The molecule has 1 aromatic heterocycles. The summed E-state index contributed by atoms with van der Waals surface area (Å²) >= 11 is 0. The van der Waals surface area contributed by atoms with Crippen molar-refractivity contribution in [3.63, 3.8) is 0 Å². The summed E-state index contributed by atoms with van der Waals surface area (Å²) in [5.74, 6) is 0.105. The monoisotopic (exact) mass is 518 g/mol. The van der Waals surface area contributed by atoms with Gasteiger partial charge in [-0.05, 0) is 49.4 Å². The van der Waals surface area contributed by atoms with Crippen molar-refractivity contribution < 1.29 is 13.5 Å². The minimum absolute atomic E-state index is 0.0596. The summed E-state index contributed by atoms with van der Waals surface area (Å²) in [5, 5.41) is 7.29. The Morgan fingerprint density at radius 2 is 1.71 bits per heavy atom. The van der Waals surface area contributed by atoms with E-state index in [9.17, 15) is 8.78 Å². The number of hydrogen-bond donors (Lipinski definition) is 2. The zero-order valence-corrected chi connectivity index (χ0v) is 21.7. The Morgan fingerprint density at radius 1 is 0.947 bits per heavy atom. The Hall–Kier alpha value is -3.82. The van der Waals surface area contributed by atoms with Crippen LogP contribution < -0.4 is 15.4 Å². The Kier molecular flexibility index (Phi) is 7.95. The summed E-state index contributed by atoms with van der Waals surface area (Å²) < 4.78 is 34.8. The van der Waals surface area contributed by atoms with Crippen LogP contribution in [0, 0.1) is 11.6 Å². The number of aromatic nitrogens is 2. The van der Waals surface area contributed by atoms with Gasteiger partial charge >= 0.3 is 0 Å². The summed E-state index contributed by atoms with van der Waals surface area (Å²) in [6.07, 6.45) is 2.43. The number of piperazine rings is 1. The van der Waals surface area contributed by atoms with Crippen LogP contribution in [0.2, 0.25) is 0 Å². The van der Waals surface area contributed by atoms with Gasteiger partial charge in [0.2, 0.25) is 0 Å². The summed E-state index contributed by atoms with van der Waals surface area (Å²) in [6, 6.07) is 14.7. The van der Waals surface area contributed by atoms with Gasteiger partial charge in [0, 0.05) is 56.9 Å². The van der Waals surface area contributed by atoms with Crippen molar-refractivity contribution in [2.45, 2.75) is 6.42 Å². The predicted molar refractivity (Wildman–Crippen MR) is 148 cm³/mol. The quantitative estimate of drug-likeness (QED) is 0.289. The first-order valence-corrected chi connectivity index (χ1v) is 12.8. The van der Waals surface area contributed by atoms with Crippen LogP contribution in [0.3, 0.4) is 0 Å². The number of benzene rings is 3. The Labute approximate surface area is 221 Å². The largest absolute Gasteiger partial charge is 0.491 e. The lowest BCUT2D eigenvalue weighted by molar-refractivity contribution is 0.145. The van der Waals surface area contributed by atoms with Crippen LogP contribution in [-0.4, -0.2) is 73.2 Å². The lowest BCUT2D eigenvalue weighted by Crippen LogP contribution is -2.44. The third kappa shape index (κ3) is 5.84. The molecule has 3 aromatic carbocycles. The molecule has 1 fully saturated rings. The van der Waals surface area contributed by atoms with Gasteiger partial charge in [-0.25, -0.2) is 18.7 Å². The molecule has 0 unspecified atom stereocenters. The molecule has 5 rings (SSSR count). The van der Waals surface area contributed by atoms with Crippen LogP contribution in [0.4, 0.5) is 26.0 Å². The van der Waals surface area contributed by atoms with Crippen molar-refractivity contribution in [2.75, 3.05) is 64.1 Å². The second-order valence-corrected chi connectivity index (χ2v) is 9.49. The van der Waals surface area contributed by atoms with E-state index in [0.29, 0.717) is 23.7 Å². The van der Waals surface area contributed by atoms with Gasteiger partial charge in [-0.1, -0.05) is 18.2 Å². The number of hydrogen-bond acceptors (Lipinski definition) is 7. The van der Waals surface area contributed by atoms with Crippen molar-refractivity contribution in [3.8, 4) is 16.9 Å². The standard InChI is InChI=1S/C29H32F2N6O/c1-32-26-17-22-25(18-27(26)38-15-5-10-37-13-11-36(2)12-14-37)33-19-34-29(22)35-21-7-3-6-20(16-21)28-23(30)8-4-9-24(28)31/h3-4,6-9,16-19,32H,5,10-15H2,1-2H3,(H,33,34,35). The van der Waals surface area contributed by atoms with E-state index >= 15 is 0 Å². The third-order valence-electron chi connectivity index (χ3n) is 6.85. The SMILES string of the molecule is CNc1cc2c(Nc3cccc(-c4c(F)cccc4F)c3)ncnc2cc1OCCCN1CCN(C)CC1. The van der Waals surface area contributed by atoms with Crippen LogP contribution >= 0.6 is 0 Å². The zero-order valence-electron chi connectivity index (χ0n) is 21.7. The Balaban J connectivity index is 1.32. The van der Waals surface area contributed by atoms with E-state index in [-0.39, 0.29) is 5.56 Å². The molecule has 198 valence electrons. The maximum Gasteiger partial charge on any atom is 0.144 e. The van der Waals surface area contributed by atoms with Crippen LogP contribution in [0.5, 0.6) is 5.75 Å². The van der Waals surface area contributed by atoms with Crippen molar-refractivity contribution >= 4 is 28.1 Å². The molecule has 1 aliphatic heterocycles. The van der Waals surface area contributed by atoms with Gasteiger partial charge in [0.1, 0.15) is 29.5 Å². The minimum Gasteiger partial charge on any atom is -0.491 e. The molecule has 7 nitrogen and oxygen atoms in total. The Bertz CT molecular complexity index is 1390. The molecule has 0 spiro atoms. The van der Waals surface area contributed by atoms with Gasteiger partial charge in [-0.2, -0.15) is 0 Å². The molecule has 2 heterocycles. The first-order valence-electron chi connectivity index (χ1n) is 12.8. The van der Waals surface area contributed by atoms with Crippen LogP contribution in [0.25, 0.3) is 22.0 Å². The van der Waals surface area contributed by atoms with Gasteiger partial charge in [-0.3, -0.25) is 0 Å². The highest BCUT2D eigenvalue weighted by Gasteiger charge is 2.15. The molecule has 0 atom stereocenters. The lowest BCUT2D eigenvalue weighted by atomic mass is 10.0. The smallest absolute Gasteiger partial charge is 0.144 e. The van der Waals surface area contributed by atoms with Crippen LogP contribution in [-0.2, 0) is 0 Å². The highest BCUT2D eigenvalue weighted by atomic mass is 19.1. The number of nitrogens with zero attached hydrogens (tertiary/aromatic N) is 4. The van der Waals surface area contributed by atoms with E-state index in [1.807, 2.05) is 25.2 Å². The molecular formula is C29H32F2N6O. The average Bonchev–Trinajstić information content (AvgIpc) is 2.92. The van der Waals surface area contributed by atoms with E-state index in [1.54, 1.807) is 18.2 Å². The highest BCUT2D eigenvalue weighted by molar-refractivity contribution is 5.95. The summed E-state index contributed by atoms with van der Waals surface area (Å²) in [7, 11) is 4.01. The normalized spacial score (nSPS) is 14.5. The molecule has 1 saturated heterocycles. The number of anilines is 3. The second-order valence-electron chi connectivity index (χ2n) is 9.49. The summed E-state index contributed by atoms with van der Waals surface area (Å²) in [4.78, 5) is 13.7. The summed E-state index contributed by atoms with van der Waals surface area (Å²) in [5.41, 5.74) is 2.59. The molecule has 4 aromatic rings. The van der Waals surface area contributed by atoms with Gasteiger partial charge < -0.3 is 25.2 Å². The second kappa shape index (κ2) is 11.7. The molecule has 0 aliphatic carbocycles. The van der Waals surface area contributed by atoms with E-state index in [1.165, 1.54) is 24.5 Å². The number of halogens is 2. The van der Waals surface area contributed by atoms with Crippen molar-refractivity contribution in [1.82, 2.24) is 19.8 Å². The maximum absolute atomic E-state index is 14.3. The van der Waals surface area contributed by atoms with Gasteiger partial charge in [0.25, 0.3) is 0 Å². The minimum atomic E-state index is -0.607. The lowest BCUT2D eigenvalue weighted by Gasteiger charge is -2.32. The number of rotatable bonds is 9. The fourth-order valence-electron chi connectivity index (χ4n) is 4.70. The van der Waals surface area contributed by atoms with Crippen LogP contribution in [0.15, 0.2) is 60.9 Å². The fraction of sp³-hybridized carbons (Fsp3) is 0.310. The maximum atomic E-state index is 14.3. The molecule has 0 saturated carbocycles. The number of ether oxygens (including phenoxy) is 1. The molecule has 9 heteroatoms. The Morgan fingerprint density at radius 3 is 2.47 bits per heavy atom. The topological polar surface area (TPSA) is 65.6 Å². The first-order chi connectivity index (χ1) is 18.5. The van der Waals surface area contributed by atoms with Crippen molar-refractivity contribution in [3.05, 3.63) is 72.6 Å². The first kappa shape index (κ1) is 25.8. The molecule has 0 radical (unpaired) electrons. The van der Waals surface area contributed by atoms with Gasteiger partial charge in [0.15, 0.2) is 0 Å². The molecule has 0 amide bonds. The zero-order chi connectivity index (χ0) is 26.5. The van der Waals surface area contributed by atoms with E-state index in [2.05, 4.69) is 37.4 Å². The molecule has 38 heavy (non-hydrogen) atoms. The summed E-state index contributed by atoms with van der Waals surface area (Å²) in [6.45, 7) is 6.04.